The molecule has 0 aliphatic carbocycles. The van der Waals surface area contributed by atoms with Crippen LogP contribution in [0.1, 0.15) is 19.7 Å². The normalized spacial score (nSPS) is 9.27. The number of ketones is 1. The van der Waals surface area contributed by atoms with Gasteiger partial charge in [-0.1, -0.05) is 18.2 Å². The van der Waals surface area contributed by atoms with E-state index < -0.39 is 0 Å². The van der Waals surface area contributed by atoms with Crippen molar-refractivity contribution in [3.63, 3.8) is 0 Å². The van der Waals surface area contributed by atoms with Crippen LogP contribution < -0.4 is 0 Å². The fourth-order valence-corrected chi connectivity index (χ4v) is 1.06. The monoisotopic (exact) mass is 202 g/mol. The van der Waals surface area contributed by atoms with Crippen molar-refractivity contribution in [2.24, 2.45) is 0 Å². The van der Waals surface area contributed by atoms with Gasteiger partial charge in [-0.2, -0.15) is 0 Å². The van der Waals surface area contributed by atoms with E-state index in [4.69, 9.17) is 0 Å². The Labute approximate surface area is 89.2 Å². The van der Waals surface area contributed by atoms with Crippen LogP contribution in [0.25, 0.3) is 10.9 Å². The smallest absolute Gasteiger partial charge is 0.126 e. The fraction of sp³-hybridized carbons (Fsp3) is 0.250. The summed E-state index contributed by atoms with van der Waals surface area (Å²) in [6.45, 7) is 4.95. The Morgan fingerprint density at radius 2 is 1.80 bits per heavy atom. The highest BCUT2D eigenvalue weighted by molar-refractivity contribution is 5.77. The molecule has 3 heteroatoms. The van der Waals surface area contributed by atoms with Gasteiger partial charge in [-0.05, 0) is 26.8 Å². The first-order valence-electron chi connectivity index (χ1n) is 4.75. The molecule has 0 aliphatic rings. The predicted molar refractivity (Wildman–Crippen MR) is 60.6 cm³/mol. The quantitative estimate of drug-likeness (QED) is 0.659. The lowest BCUT2D eigenvalue weighted by atomic mass is 10.2. The van der Waals surface area contributed by atoms with Crippen molar-refractivity contribution in [1.29, 1.82) is 0 Å². The maximum absolute atomic E-state index is 9.44. The minimum Gasteiger partial charge on any atom is -0.300 e. The summed E-state index contributed by atoms with van der Waals surface area (Å²) in [7, 11) is 0. The molecule has 0 N–H and O–H groups in total. The molecule has 0 fully saturated rings. The molecule has 0 aliphatic heterocycles. The third-order valence-electron chi connectivity index (χ3n) is 1.61. The number of benzene rings is 1. The van der Waals surface area contributed by atoms with Crippen molar-refractivity contribution in [3.05, 3.63) is 36.3 Å². The van der Waals surface area contributed by atoms with Crippen LogP contribution in [-0.2, 0) is 4.79 Å². The van der Waals surface area contributed by atoms with Crippen LogP contribution in [0.3, 0.4) is 0 Å². The van der Waals surface area contributed by atoms with E-state index in [0.717, 1.165) is 16.7 Å². The number of aromatic nitrogens is 2. The van der Waals surface area contributed by atoms with Gasteiger partial charge in [-0.15, -0.1) is 0 Å². The number of carbonyl (C=O) groups is 1. The number of fused-ring (bicyclic) bond motifs is 1. The Morgan fingerprint density at radius 3 is 2.47 bits per heavy atom. The summed E-state index contributed by atoms with van der Waals surface area (Å²) in [5, 5.41) is 1.10. The van der Waals surface area contributed by atoms with Gasteiger partial charge in [0, 0.05) is 11.6 Å². The van der Waals surface area contributed by atoms with Gasteiger partial charge in [-0.3, -0.25) is 0 Å². The lowest BCUT2D eigenvalue weighted by molar-refractivity contribution is -0.114. The van der Waals surface area contributed by atoms with Crippen molar-refractivity contribution in [2.45, 2.75) is 20.8 Å². The molecule has 0 amide bonds. The van der Waals surface area contributed by atoms with Crippen molar-refractivity contribution in [1.82, 2.24) is 9.97 Å². The molecule has 15 heavy (non-hydrogen) atoms. The average molecular weight is 202 g/mol. The molecule has 0 atom stereocenters. The highest BCUT2D eigenvalue weighted by Gasteiger charge is 1.92. The molecule has 3 nitrogen and oxygen atoms in total. The lowest BCUT2D eigenvalue weighted by Gasteiger charge is -1.95. The van der Waals surface area contributed by atoms with E-state index in [1.807, 2.05) is 37.4 Å². The van der Waals surface area contributed by atoms with Crippen LogP contribution in [-0.4, -0.2) is 15.8 Å². The number of nitrogens with zero attached hydrogens (tertiary/aromatic N) is 2. The van der Waals surface area contributed by atoms with Gasteiger partial charge in [0.1, 0.15) is 11.6 Å². The third kappa shape index (κ3) is 3.85. The summed E-state index contributed by atoms with van der Waals surface area (Å²) in [6.07, 6.45) is 1.84. The van der Waals surface area contributed by atoms with Crippen LogP contribution in [0.15, 0.2) is 30.5 Å². The number of Topliss-reactive ketones (excluding diaryl/α,β-unsaturated/α-hetero) is 1. The summed E-state index contributed by atoms with van der Waals surface area (Å²) in [4.78, 5) is 17.8. The Kier molecular flexibility index (Phi) is 3.92. The molecule has 0 spiro atoms. The number of aryl methyl sites for hydroxylation is 1. The van der Waals surface area contributed by atoms with Crippen molar-refractivity contribution in [3.8, 4) is 0 Å². The molecule has 0 unspecified atom stereocenters. The molecule has 0 radical (unpaired) electrons. The molecule has 0 saturated carbocycles. The maximum Gasteiger partial charge on any atom is 0.126 e. The van der Waals surface area contributed by atoms with Gasteiger partial charge >= 0.3 is 0 Å². The predicted octanol–water partition coefficient (Wildman–Crippen LogP) is 2.53. The Bertz CT molecular complexity index is 462. The molecule has 2 aromatic rings. The van der Waals surface area contributed by atoms with Crippen LogP contribution in [0.5, 0.6) is 0 Å². The summed E-state index contributed by atoms with van der Waals surface area (Å²) in [6, 6.07) is 7.97. The minimum absolute atomic E-state index is 0.167. The summed E-state index contributed by atoms with van der Waals surface area (Å²) in [5.41, 5.74) is 1.01. The zero-order valence-corrected chi connectivity index (χ0v) is 9.19. The summed E-state index contributed by atoms with van der Waals surface area (Å²) < 4.78 is 0. The van der Waals surface area contributed by atoms with Crippen LogP contribution in [0.4, 0.5) is 0 Å². The molecular formula is C12H14N2O. The van der Waals surface area contributed by atoms with E-state index in [-0.39, 0.29) is 5.78 Å². The molecule has 2 rings (SSSR count). The molecule has 78 valence electrons. The summed E-state index contributed by atoms with van der Waals surface area (Å²) >= 11 is 0. The SMILES string of the molecule is CC(C)=O.Cc1ncc2ccccc2n1. The molecule has 0 bridgehead atoms. The second kappa shape index (κ2) is 5.20. The first-order valence-corrected chi connectivity index (χ1v) is 4.75. The number of hydrogen-bond acceptors (Lipinski definition) is 3. The molecular weight excluding hydrogens is 188 g/mol. The van der Waals surface area contributed by atoms with E-state index in [1.54, 1.807) is 0 Å². The van der Waals surface area contributed by atoms with Crippen molar-refractivity contribution < 1.29 is 4.79 Å². The zero-order chi connectivity index (χ0) is 11.3. The number of hydrogen-bond donors (Lipinski definition) is 0. The Balaban J connectivity index is 0.000000245. The number of para-hydroxylation sites is 1. The number of rotatable bonds is 0. The van der Waals surface area contributed by atoms with E-state index in [2.05, 4.69) is 9.97 Å². The Hall–Kier alpha value is -1.77. The Morgan fingerprint density at radius 1 is 1.20 bits per heavy atom. The second-order valence-corrected chi connectivity index (χ2v) is 3.38. The molecule has 0 saturated heterocycles. The fourth-order valence-electron chi connectivity index (χ4n) is 1.06. The highest BCUT2D eigenvalue weighted by atomic mass is 16.1. The van der Waals surface area contributed by atoms with Crippen molar-refractivity contribution in [2.75, 3.05) is 0 Å². The van der Waals surface area contributed by atoms with Crippen molar-refractivity contribution >= 4 is 16.7 Å². The third-order valence-corrected chi connectivity index (χ3v) is 1.61. The van der Waals surface area contributed by atoms with Gasteiger partial charge in [0.05, 0.1) is 5.52 Å². The molecule has 1 aromatic heterocycles. The van der Waals surface area contributed by atoms with Crippen LogP contribution >= 0.6 is 0 Å². The lowest BCUT2D eigenvalue weighted by Crippen LogP contribution is -1.86. The van der Waals surface area contributed by atoms with Crippen LogP contribution in [0, 0.1) is 6.92 Å². The second-order valence-electron chi connectivity index (χ2n) is 3.38. The molecule has 1 heterocycles. The van der Waals surface area contributed by atoms with Crippen LogP contribution in [0.2, 0.25) is 0 Å². The van der Waals surface area contributed by atoms with Gasteiger partial charge in [-0.25, -0.2) is 9.97 Å². The maximum atomic E-state index is 9.44. The van der Waals surface area contributed by atoms with E-state index >= 15 is 0 Å². The first-order chi connectivity index (χ1) is 7.09. The highest BCUT2D eigenvalue weighted by Crippen LogP contribution is 2.08. The van der Waals surface area contributed by atoms with Gasteiger partial charge in [0.15, 0.2) is 0 Å². The first kappa shape index (κ1) is 11.3. The minimum atomic E-state index is 0.167. The van der Waals surface area contributed by atoms with Gasteiger partial charge in [0.2, 0.25) is 0 Å². The largest absolute Gasteiger partial charge is 0.300 e. The van der Waals surface area contributed by atoms with E-state index in [1.165, 1.54) is 13.8 Å². The standard InChI is InChI=1S/C9H8N2.C3H6O/c1-7-10-6-8-4-2-3-5-9(8)11-7;1-3(2)4/h2-6H,1H3;1-2H3. The number of carbonyl (C=O) groups excluding carboxylic acids is 1. The topological polar surface area (TPSA) is 42.9 Å². The summed E-state index contributed by atoms with van der Waals surface area (Å²) in [5.74, 6) is 0.990. The molecule has 1 aromatic carbocycles. The van der Waals surface area contributed by atoms with Gasteiger partial charge < -0.3 is 4.79 Å². The average Bonchev–Trinajstić information content (AvgIpc) is 2.16. The van der Waals surface area contributed by atoms with E-state index in [0.29, 0.717) is 0 Å². The zero-order valence-electron chi connectivity index (χ0n) is 9.19. The van der Waals surface area contributed by atoms with E-state index in [9.17, 15) is 4.79 Å². The van der Waals surface area contributed by atoms with Gasteiger partial charge in [0.25, 0.3) is 0 Å².